The van der Waals surface area contributed by atoms with Gasteiger partial charge in [-0.05, 0) is 38.3 Å². The second-order valence-corrected chi connectivity index (χ2v) is 5.42. The van der Waals surface area contributed by atoms with E-state index in [1.54, 1.807) is 32.0 Å². The number of benzene rings is 1. The lowest BCUT2D eigenvalue weighted by Gasteiger charge is -2.28. The number of hydrogen-bond acceptors (Lipinski definition) is 4. The van der Waals surface area contributed by atoms with Crippen LogP contribution < -0.4 is 10.1 Å². The normalized spacial score (nSPS) is 17.4. The molecule has 2 rings (SSSR count). The van der Waals surface area contributed by atoms with Gasteiger partial charge in [-0.2, -0.15) is 0 Å². The van der Waals surface area contributed by atoms with Gasteiger partial charge in [-0.1, -0.05) is 12.1 Å². The molecule has 0 aromatic heterocycles. The zero-order valence-electron chi connectivity index (χ0n) is 12.0. The Morgan fingerprint density at radius 3 is 2.80 bits per heavy atom. The summed E-state index contributed by atoms with van der Waals surface area (Å²) in [5.74, 6) is -0.652. The van der Waals surface area contributed by atoms with E-state index in [2.05, 4.69) is 5.32 Å². The highest BCUT2D eigenvalue weighted by Gasteiger charge is 2.40. The van der Waals surface area contributed by atoms with Gasteiger partial charge in [-0.25, -0.2) is 9.18 Å². The maximum Gasteiger partial charge on any atom is 0.329 e. The van der Waals surface area contributed by atoms with Gasteiger partial charge in [0, 0.05) is 6.04 Å². The molecule has 5 heteroatoms. The number of rotatable bonds is 6. The molecule has 1 N–H and O–H groups in total. The molecule has 1 aromatic carbocycles. The van der Waals surface area contributed by atoms with E-state index in [0.29, 0.717) is 11.6 Å². The number of carbonyl (C=O) groups excluding carboxylic acids is 1. The highest BCUT2D eigenvalue weighted by atomic mass is 19.1. The van der Waals surface area contributed by atoms with Crippen LogP contribution in [0.15, 0.2) is 18.2 Å². The largest absolute Gasteiger partial charge is 0.488 e. The van der Waals surface area contributed by atoms with Crippen LogP contribution in [-0.2, 0) is 9.53 Å². The lowest BCUT2D eigenvalue weighted by atomic mass is 10.0. The molecule has 110 valence electrons. The summed E-state index contributed by atoms with van der Waals surface area (Å²) in [5, 5.41) is 3.20. The molecular weight excluding hydrogens is 261 g/mol. The van der Waals surface area contributed by atoms with E-state index < -0.39 is 17.3 Å². The molecule has 0 amide bonds. The van der Waals surface area contributed by atoms with Crippen LogP contribution in [0.25, 0.3) is 0 Å². The zero-order chi connectivity index (χ0) is 14.8. The fourth-order valence-corrected chi connectivity index (χ4v) is 2.02. The molecule has 1 aromatic rings. The van der Waals surface area contributed by atoms with Gasteiger partial charge in [0.2, 0.25) is 0 Å². The third kappa shape index (κ3) is 3.28. The molecule has 0 saturated heterocycles. The van der Waals surface area contributed by atoms with Crippen LogP contribution in [0.3, 0.4) is 0 Å². The molecule has 4 nitrogen and oxygen atoms in total. The van der Waals surface area contributed by atoms with Gasteiger partial charge < -0.3 is 9.47 Å². The summed E-state index contributed by atoms with van der Waals surface area (Å²) < 4.78 is 24.2. The van der Waals surface area contributed by atoms with E-state index in [0.717, 1.165) is 12.8 Å². The topological polar surface area (TPSA) is 47.6 Å². The zero-order valence-corrected chi connectivity index (χ0v) is 12.0. The molecule has 0 spiro atoms. The fourth-order valence-electron chi connectivity index (χ4n) is 2.02. The first-order chi connectivity index (χ1) is 9.46. The molecule has 1 fully saturated rings. The van der Waals surface area contributed by atoms with Crippen LogP contribution >= 0.6 is 0 Å². The van der Waals surface area contributed by atoms with E-state index in [1.807, 2.05) is 0 Å². The van der Waals surface area contributed by atoms with Crippen molar-refractivity contribution >= 4 is 5.97 Å². The molecule has 0 heterocycles. The van der Waals surface area contributed by atoms with Gasteiger partial charge in [0.05, 0.1) is 7.11 Å². The Kier molecular flexibility index (Phi) is 4.28. The molecule has 1 aliphatic carbocycles. The number of carbonyl (C=O) groups is 1. The molecular formula is C15H20FNO3. The average Bonchev–Trinajstić information content (AvgIpc) is 3.23. The third-order valence-electron chi connectivity index (χ3n) is 3.41. The SMILES string of the molecule is COC(=O)C(C)(COc1cccc(C)c1F)NC1CC1. The fraction of sp³-hybridized carbons (Fsp3) is 0.533. The lowest BCUT2D eigenvalue weighted by Crippen LogP contribution is -2.55. The van der Waals surface area contributed by atoms with Gasteiger partial charge in [0.1, 0.15) is 12.1 Å². The number of hydrogen-bond donors (Lipinski definition) is 1. The number of esters is 1. The van der Waals surface area contributed by atoms with Crippen LogP contribution in [-0.4, -0.2) is 31.3 Å². The summed E-state index contributed by atoms with van der Waals surface area (Å²) in [7, 11) is 1.34. The van der Waals surface area contributed by atoms with Crippen molar-refractivity contribution in [1.82, 2.24) is 5.32 Å². The number of nitrogens with one attached hydrogen (secondary N) is 1. The van der Waals surface area contributed by atoms with Crippen molar-refractivity contribution in [3.05, 3.63) is 29.6 Å². The van der Waals surface area contributed by atoms with Crippen molar-refractivity contribution in [2.24, 2.45) is 0 Å². The van der Waals surface area contributed by atoms with Crippen molar-refractivity contribution in [3.8, 4) is 5.75 Å². The summed E-state index contributed by atoms with van der Waals surface area (Å²) >= 11 is 0. The standard InChI is InChI=1S/C15H20FNO3/c1-10-5-4-6-12(13(10)16)20-9-15(2,14(18)19-3)17-11-7-8-11/h4-6,11,17H,7-9H2,1-3H3. The molecule has 20 heavy (non-hydrogen) atoms. The highest BCUT2D eigenvalue weighted by Crippen LogP contribution is 2.25. The third-order valence-corrected chi connectivity index (χ3v) is 3.41. The molecule has 0 bridgehead atoms. The summed E-state index contributed by atoms with van der Waals surface area (Å²) in [5.41, 5.74) is -0.455. The van der Waals surface area contributed by atoms with Gasteiger partial charge in [-0.3, -0.25) is 5.32 Å². The average molecular weight is 281 g/mol. The first kappa shape index (κ1) is 14.8. The molecule has 0 aliphatic heterocycles. The van der Waals surface area contributed by atoms with Crippen molar-refractivity contribution < 1.29 is 18.7 Å². The van der Waals surface area contributed by atoms with Crippen LogP contribution in [0.4, 0.5) is 4.39 Å². The smallest absolute Gasteiger partial charge is 0.329 e. The highest BCUT2D eigenvalue weighted by molar-refractivity contribution is 5.80. The first-order valence-electron chi connectivity index (χ1n) is 6.70. The number of aryl methyl sites for hydroxylation is 1. The molecule has 1 atom stereocenters. The van der Waals surface area contributed by atoms with Gasteiger partial charge >= 0.3 is 5.97 Å². The maximum atomic E-state index is 13.9. The van der Waals surface area contributed by atoms with Crippen LogP contribution in [0.5, 0.6) is 5.75 Å². The van der Waals surface area contributed by atoms with Gasteiger partial charge in [0.15, 0.2) is 11.6 Å². The van der Waals surface area contributed by atoms with Crippen molar-refractivity contribution in [2.45, 2.75) is 38.3 Å². The lowest BCUT2D eigenvalue weighted by molar-refractivity contribution is -0.149. The Morgan fingerprint density at radius 2 is 2.20 bits per heavy atom. The quantitative estimate of drug-likeness (QED) is 0.812. The van der Waals surface area contributed by atoms with Gasteiger partial charge in [0.25, 0.3) is 0 Å². The minimum absolute atomic E-state index is 0.0244. The van der Waals surface area contributed by atoms with Crippen molar-refractivity contribution in [2.75, 3.05) is 13.7 Å². The maximum absolute atomic E-state index is 13.9. The predicted molar refractivity (Wildman–Crippen MR) is 73.2 cm³/mol. The molecule has 1 saturated carbocycles. The Balaban J connectivity index is 2.08. The number of methoxy groups -OCH3 is 1. The van der Waals surface area contributed by atoms with E-state index in [-0.39, 0.29) is 12.4 Å². The Labute approximate surface area is 118 Å². The summed E-state index contributed by atoms with van der Waals surface area (Å²) in [4.78, 5) is 11.9. The Bertz CT molecular complexity index is 502. The Morgan fingerprint density at radius 1 is 1.50 bits per heavy atom. The van der Waals surface area contributed by atoms with Crippen molar-refractivity contribution in [3.63, 3.8) is 0 Å². The second-order valence-electron chi connectivity index (χ2n) is 5.42. The van der Waals surface area contributed by atoms with E-state index in [9.17, 15) is 9.18 Å². The molecule has 1 aliphatic rings. The van der Waals surface area contributed by atoms with Gasteiger partial charge in [-0.15, -0.1) is 0 Å². The monoisotopic (exact) mass is 281 g/mol. The minimum atomic E-state index is -0.966. The first-order valence-corrected chi connectivity index (χ1v) is 6.70. The van der Waals surface area contributed by atoms with E-state index in [1.165, 1.54) is 7.11 Å². The van der Waals surface area contributed by atoms with Crippen LogP contribution in [0.2, 0.25) is 0 Å². The summed E-state index contributed by atoms with van der Waals surface area (Å²) in [6.07, 6.45) is 2.07. The van der Waals surface area contributed by atoms with Crippen LogP contribution in [0.1, 0.15) is 25.3 Å². The second kappa shape index (κ2) is 5.79. The van der Waals surface area contributed by atoms with Crippen molar-refractivity contribution in [1.29, 1.82) is 0 Å². The molecule has 0 radical (unpaired) electrons. The Hall–Kier alpha value is -1.62. The van der Waals surface area contributed by atoms with Crippen LogP contribution in [0, 0.1) is 12.7 Å². The minimum Gasteiger partial charge on any atom is -0.488 e. The summed E-state index contributed by atoms with van der Waals surface area (Å²) in [6, 6.07) is 5.25. The number of ether oxygens (including phenoxy) is 2. The number of halogens is 1. The van der Waals surface area contributed by atoms with E-state index in [4.69, 9.17) is 9.47 Å². The summed E-state index contributed by atoms with van der Waals surface area (Å²) in [6.45, 7) is 3.41. The molecule has 1 unspecified atom stereocenters. The van der Waals surface area contributed by atoms with E-state index >= 15 is 0 Å². The predicted octanol–water partition coefficient (Wildman–Crippen LogP) is 2.20.